The van der Waals surface area contributed by atoms with E-state index in [0.717, 1.165) is 43.9 Å². The molecular formula is C22H28ClFN2O2. The zero-order valence-corrected chi connectivity index (χ0v) is 16.8. The summed E-state index contributed by atoms with van der Waals surface area (Å²) in [6.07, 6.45) is 2.01. The Balaban J connectivity index is 0.00000280. The van der Waals surface area contributed by atoms with Gasteiger partial charge in [0.15, 0.2) is 0 Å². The number of aliphatic hydroxyl groups is 1. The fourth-order valence-corrected chi connectivity index (χ4v) is 3.39. The van der Waals surface area contributed by atoms with E-state index < -0.39 is 6.10 Å². The van der Waals surface area contributed by atoms with Crippen LogP contribution in [0.3, 0.4) is 0 Å². The van der Waals surface area contributed by atoms with Gasteiger partial charge in [0, 0.05) is 32.7 Å². The maximum Gasteiger partial charge on any atom is 0.146 e. The second-order valence-corrected chi connectivity index (χ2v) is 6.80. The van der Waals surface area contributed by atoms with Gasteiger partial charge >= 0.3 is 0 Å². The number of ether oxygens (including phenoxy) is 1. The number of halogens is 2. The molecule has 1 unspecified atom stereocenters. The highest BCUT2D eigenvalue weighted by molar-refractivity contribution is 5.85. The molecule has 1 atom stereocenters. The van der Waals surface area contributed by atoms with Crippen molar-refractivity contribution in [1.29, 1.82) is 0 Å². The monoisotopic (exact) mass is 406 g/mol. The Kier molecular flexibility index (Phi) is 8.77. The van der Waals surface area contributed by atoms with Gasteiger partial charge in [-0.3, -0.25) is 4.90 Å². The molecule has 4 nitrogen and oxygen atoms in total. The number of hydrogen-bond acceptors (Lipinski definition) is 4. The Morgan fingerprint density at radius 3 is 2.46 bits per heavy atom. The molecule has 1 aliphatic rings. The molecule has 0 aliphatic carbocycles. The minimum atomic E-state index is -0.568. The predicted octanol–water partition coefficient (Wildman–Crippen LogP) is 3.54. The van der Waals surface area contributed by atoms with Gasteiger partial charge in [-0.05, 0) is 30.2 Å². The highest BCUT2D eigenvalue weighted by Crippen LogP contribution is 2.21. The first kappa shape index (κ1) is 22.2. The Hall–Kier alpha value is -2.08. The number of piperazine rings is 1. The lowest BCUT2D eigenvalue weighted by molar-refractivity contribution is 0.0660. The molecule has 6 heteroatoms. The number of aliphatic hydroxyl groups excluding tert-OH is 1. The molecule has 0 radical (unpaired) electrons. The van der Waals surface area contributed by atoms with Gasteiger partial charge in [0.2, 0.25) is 0 Å². The van der Waals surface area contributed by atoms with Crippen LogP contribution in [0, 0.1) is 5.82 Å². The van der Waals surface area contributed by atoms with Crippen molar-refractivity contribution in [3.63, 3.8) is 0 Å². The van der Waals surface area contributed by atoms with Crippen molar-refractivity contribution in [2.75, 3.05) is 44.2 Å². The van der Waals surface area contributed by atoms with E-state index in [-0.39, 0.29) is 24.8 Å². The maximum atomic E-state index is 13.9. The topological polar surface area (TPSA) is 35.9 Å². The van der Waals surface area contributed by atoms with Gasteiger partial charge in [-0.2, -0.15) is 0 Å². The van der Waals surface area contributed by atoms with Crippen LogP contribution in [0.1, 0.15) is 5.56 Å². The smallest absolute Gasteiger partial charge is 0.146 e. The van der Waals surface area contributed by atoms with Crippen LogP contribution in [0.15, 0.2) is 61.2 Å². The standard InChI is InChI=1S/C22H27FN2O2.ClH/c1-2-7-18-8-3-6-11-22(18)27-17-19(26)16-24-12-14-25(15-13-24)21-10-5-4-9-20(21)23;/h2-6,8-11,19,26H,1,7,12-17H2;1H. The lowest BCUT2D eigenvalue weighted by atomic mass is 10.1. The van der Waals surface area contributed by atoms with Gasteiger partial charge in [0.05, 0.1) is 5.69 Å². The van der Waals surface area contributed by atoms with Crippen LogP contribution in [-0.4, -0.2) is 55.4 Å². The summed E-state index contributed by atoms with van der Waals surface area (Å²) in [4.78, 5) is 4.25. The fraction of sp³-hybridized carbons (Fsp3) is 0.364. The van der Waals surface area contributed by atoms with Crippen molar-refractivity contribution >= 4 is 18.1 Å². The van der Waals surface area contributed by atoms with E-state index in [9.17, 15) is 9.50 Å². The summed E-state index contributed by atoms with van der Waals surface area (Å²) in [6, 6.07) is 14.7. The van der Waals surface area contributed by atoms with E-state index in [0.29, 0.717) is 12.2 Å². The molecule has 28 heavy (non-hydrogen) atoms. The number of nitrogens with zero attached hydrogens (tertiary/aromatic N) is 2. The molecular weight excluding hydrogens is 379 g/mol. The summed E-state index contributed by atoms with van der Waals surface area (Å²) < 4.78 is 19.7. The second-order valence-electron chi connectivity index (χ2n) is 6.80. The number of para-hydroxylation sites is 2. The summed E-state index contributed by atoms with van der Waals surface area (Å²) >= 11 is 0. The summed E-state index contributed by atoms with van der Waals surface area (Å²) in [5, 5.41) is 10.4. The first-order valence-electron chi connectivity index (χ1n) is 9.39. The minimum Gasteiger partial charge on any atom is -0.491 e. The number of rotatable bonds is 8. The van der Waals surface area contributed by atoms with Crippen LogP contribution in [0.5, 0.6) is 5.75 Å². The molecule has 2 aromatic carbocycles. The van der Waals surface area contributed by atoms with Gasteiger partial charge in [0.25, 0.3) is 0 Å². The first-order valence-corrected chi connectivity index (χ1v) is 9.39. The molecule has 1 heterocycles. The largest absolute Gasteiger partial charge is 0.491 e. The summed E-state index contributed by atoms with van der Waals surface area (Å²) in [6.45, 7) is 7.64. The van der Waals surface area contributed by atoms with Gasteiger partial charge < -0.3 is 14.7 Å². The van der Waals surface area contributed by atoms with Crippen molar-refractivity contribution in [2.24, 2.45) is 0 Å². The molecule has 1 N–H and O–H groups in total. The van der Waals surface area contributed by atoms with E-state index in [4.69, 9.17) is 4.74 Å². The molecule has 3 rings (SSSR count). The fourth-order valence-electron chi connectivity index (χ4n) is 3.39. The zero-order valence-electron chi connectivity index (χ0n) is 16.0. The van der Waals surface area contributed by atoms with E-state index >= 15 is 0 Å². The van der Waals surface area contributed by atoms with E-state index in [1.54, 1.807) is 6.07 Å². The molecule has 0 spiro atoms. The molecule has 0 bridgehead atoms. The summed E-state index contributed by atoms with van der Waals surface area (Å²) in [5.41, 5.74) is 1.72. The van der Waals surface area contributed by atoms with Crippen LogP contribution in [0.25, 0.3) is 0 Å². The molecule has 0 amide bonds. The van der Waals surface area contributed by atoms with Crippen molar-refractivity contribution in [3.05, 3.63) is 72.6 Å². The average molecular weight is 407 g/mol. The van der Waals surface area contributed by atoms with Crippen LogP contribution < -0.4 is 9.64 Å². The molecule has 0 saturated carbocycles. The SMILES string of the molecule is C=CCc1ccccc1OCC(O)CN1CCN(c2ccccc2F)CC1.Cl. The van der Waals surface area contributed by atoms with Gasteiger partial charge in [-0.15, -0.1) is 19.0 Å². The van der Waals surface area contributed by atoms with E-state index in [2.05, 4.69) is 16.4 Å². The third-order valence-corrected chi connectivity index (χ3v) is 4.80. The normalized spacial score (nSPS) is 15.6. The summed E-state index contributed by atoms with van der Waals surface area (Å²) in [5.74, 6) is 0.610. The predicted molar refractivity (Wildman–Crippen MR) is 114 cm³/mol. The average Bonchev–Trinajstić information content (AvgIpc) is 2.69. The summed E-state index contributed by atoms with van der Waals surface area (Å²) in [7, 11) is 0. The Morgan fingerprint density at radius 2 is 1.75 bits per heavy atom. The van der Waals surface area contributed by atoms with Crippen molar-refractivity contribution in [1.82, 2.24) is 4.90 Å². The number of benzene rings is 2. The minimum absolute atomic E-state index is 0. The highest BCUT2D eigenvalue weighted by Gasteiger charge is 2.21. The third kappa shape index (κ3) is 5.96. The van der Waals surface area contributed by atoms with Crippen LogP contribution in [-0.2, 0) is 6.42 Å². The van der Waals surface area contributed by atoms with Crippen LogP contribution >= 0.6 is 12.4 Å². The number of β-amino-alcohol motifs (C(OH)–C–C–N with tert-alkyl or cyclic N) is 1. The quantitative estimate of drug-likeness (QED) is 0.680. The Labute approximate surface area is 172 Å². The molecule has 1 aliphatic heterocycles. The molecule has 0 aromatic heterocycles. The van der Waals surface area contributed by atoms with E-state index in [1.165, 1.54) is 6.07 Å². The van der Waals surface area contributed by atoms with Crippen molar-refractivity contribution < 1.29 is 14.2 Å². The number of hydrogen-bond donors (Lipinski definition) is 1. The lowest BCUT2D eigenvalue weighted by Gasteiger charge is -2.37. The number of anilines is 1. The third-order valence-electron chi connectivity index (χ3n) is 4.80. The highest BCUT2D eigenvalue weighted by atomic mass is 35.5. The van der Waals surface area contributed by atoms with Crippen molar-refractivity contribution in [3.8, 4) is 5.75 Å². The van der Waals surface area contributed by atoms with Gasteiger partial charge in [0.1, 0.15) is 24.3 Å². The zero-order chi connectivity index (χ0) is 19.1. The Morgan fingerprint density at radius 1 is 1.07 bits per heavy atom. The lowest BCUT2D eigenvalue weighted by Crippen LogP contribution is -2.49. The molecule has 1 saturated heterocycles. The second kappa shape index (κ2) is 11.1. The van der Waals surface area contributed by atoms with Crippen LogP contribution in [0.4, 0.5) is 10.1 Å². The molecule has 152 valence electrons. The Bertz CT molecular complexity index is 751. The number of allylic oxidation sites excluding steroid dienone is 1. The van der Waals surface area contributed by atoms with Gasteiger partial charge in [-0.25, -0.2) is 4.39 Å². The first-order chi connectivity index (χ1) is 13.2. The van der Waals surface area contributed by atoms with Crippen LogP contribution in [0.2, 0.25) is 0 Å². The molecule has 2 aromatic rings. The van der Waals surface area contributed by atoms with E-state index in [1.807, 2.05) is 42.5 Å². The van der Waals surface area contributed by atoms with Crippen molar-refractivity contribution in [2.45, 2.75) is 12.5 Å². The van der Waals surface area contributed by atoms with Gasteiger partial charge in [-0.1, -0.05) is 36.4 Å². The maximum absolute atomic E-state index is 13.9. The molecule has 1 fully saturated rings.